The smallest absolute Gasteiger partial charge is 0.271 e. The van der Waals surface area contributed by atoms with Crippen molar-refractivity contribution in [3.05, 3.63) is 76.5 Å². The topological polar surface area (TPSA) is 84.2 Å². The van der Waals surface area contributed by atoms with Crippen LogP contribution in [0, 0.1) is 10.1 Å². The van der Waals surface area contributed by atoms with E-state index in [9.17, 15) is 10.1 Å². The minimum atomic E-state index is -0.420. The molecule has 7 heteroatoms. The number of hydrogen-bond acceptors (Lipinski definition) is 6. The van der Waals surface area contributed by atoms with Gasteiger partial charge in [-0.2, -0.15) is 0 Å². The van der Waals surface area contributed by atoms with Crippen LogP contribution < -0.4 is 5.32 Å². The van der Waals surface area contributed by atoms with Crippen LogP contribution >= 0.6 is 0 Å². The molecule has 1 N–H and O–H groups in total. The van der Waals surface area contributed by atoms with Crippen LogP contribution in [0.1, 0.15) is 24.8 Å². The number of aromatic nitrogens is 2. The predicted molar refractivity (Wildman–Crippen MR) is 113 cm³/mol. The Morgan fingerprint density at radius 2 is 1.86 bits per heavy atom. The second kappa shape index (κ2) is 8.79. The van der Waals surface area contributed by atoms with Crippen molar-refractivity contribution in [2.45, 2.75) is 25.8 Å². The molecule has 7 nitrogen and oxygen atoms in total. The highest BCUT2D eigenvalue weighted by Gasteiger charge is 2.12. The third kappa shape index (κ3) is 4.94. The summed E-state index contributed by atoms with van der Waals surface area (Å²) in [5, 5.41) is 14.0. The Morgan fingerprint density at radius 1 is 1.03 bits per heavy atom. The number of nitro benzene ring substituents is 1. The van der Waals surface area contributed by atoms with E-state index in [4.69, 9.17) is 0 Å². The van der Waals surface area contributed by atoms with Crippen molar-refractivity contribution in [2.24, 2.45) is 0 Å². The first kappa shape index (κ1) is 19.0. The van der Waals surface area contributed by atoms with E-state index in [0.29, 0.717) is 11.6 Å². The molecule has 2 aromatic carbocycles. The van der Waals surface area contributed by atoms with Crippen LogP contribution in [0.2, 0.25) is 0 Å². The van der Waals surface area contributed by atoms with Gasteiger partial charge in [-0.1, -0.05) is 30.7 Å². The lowest BCUT2D eigenvalue weighted by atomic mass is 10.1. The van der Waals surface area contributed by atoms with Crippen LogP contribution in [0.25, 0.3) is 11.3 Å². The summed E-state index contributed by atoms with van der Waals surface area (Å²) in [5.74, 6) is 0.407. The summed E-state index contributed by atoms with van der Waals surface area (Å²) in [5.41, 5.74) is 3.72. The predicted octanol–water partition coefficient (Wildman–Crippen LogP) is 4.78. The Morgan fingerprint density at radius 3 is 2.69 bits per heavy atom. The normalized spacial score (nSPS) is 14.5. The van der Waals surface area contributed by atoms with Gasteiger partial charge in [-0.05, 0) is 49.7 Å². The molecule has 0 aliphatic carbocycles. The van der Waals surface area contributed by atoms with Gasteiger partial charge in [0.15, 0.2) is 0 Å². The van der Waals surface area contributed by atoms with Crippen molar-refractivity contribution in [1.29, 1.82) is 0 Å². The van der Waals surface area contributed by atoms with E-state index < -0.39 is 4.92 Å². The third-order valence-electron chi connectivity index (χ3n) is 5.05. The van der Waals surface area contributed by atoms with E-state index in [0.717, 1.165) is 30.9 Å². The van der Waals surface area contributed by atoms with E-state index in [1.807, 2.05) is 12.1 Å². The first-order chi connectivity index (χ1) is 14.2. The molecule has 29 heavy (non-hydrogen) atoms. The van der Waals surface area contributed by atoms with Gasteiger partial charge >= 0.3 is 0 Å². The van der Waals surface area contributed by atoms with Crippen molar-refractivity contribution in [3.8, 4) is 11.3 Å². The average molecular weight is 389 g/mol. The van der Waals surface area contributed by atoms with E-state index in [-0.39, 0.29) is 5.69 Å². The molecule has 4 rings (SSSR count). The second-order valence-electron chi connectivity index (χ2n) is 7.24. The van der Waals surface area contributed by atoms with Gasteiger partial charge in [0.1, 0.15) is 0 Å². The van der Waals surface area contributed by atoms with E-state index in [2.05, 4.69) is 38.4 Å². The van der Waals surface area contributed by atoms with Crippen molar-refractivity contribution in [3.63, 3.8) is 0 Å². The average Bonchev–Trinajstić information content (AvgIpc) is 2.75. The van der Waals surface area contributed by atoms with Gasteiger partial charge in [0.2, 0.25) is 5.95 Å². The van der Waals surface area contributed by atoms with Gasteiger partial charge in [-0.3, -0.25) is 15.0 Å². The highest BCUT2D eigenvalue weighted by atomic mass is 16.6. The molecule has 0 amide bonds. The maximum Gasteiger partial charge on any atom is 0.271 e. The molecule has 0 spiro atoms. The summed E-state index contributed by atoms with van der Waals surface area (Å²) in [6.45, 7) is 3.28. The number of nitro groups is 1. The molecular formula is C22H23N5O2. The number of nitrogens with one attached hydrogen (secondary N) is 1. The van der Waals surface area contributed by atoms with Crippen LogP contribution in [0.5, 0.6) is 0 Å². The van der Waals surface area contributed by atoms with Crippen molar-refractivity contribution in [1.82, 2.24) is 14.9 Å². The molecule has 1 aliphatic heterocycles. The lowest BCUT2D eigenvalue weighted by Crippen LogP contribution is -2.29. The Balaban J connectivity index is 1.52. The van der Waals surface area contributed by atoms with Crippen LogP contribution in [-0.2, 0) is 6.54 Å². The fraction of sp³-hybridized carbons (Fsp3) is 0.273. The zero-order valence-corrected chi connectivity index (χ0v) is 16.1. The number of likely N-dealkylation sites (tertiary alicyclic amines) is 1. The highest BCUT2D eigenvalue weighted by molar-refractivity contribution is 5.63. The van der Waals surface area contributed by atoms with E-state index >= 15 is 0 Å². The fourth-order valence-corrected chi connectivity index (χ4v) is 3.61. The minimum absolute atomic E-state index is 0.0246. The number of benzene rings is 2. The van der Waals surface area contributed by atoms with Gasteiger partial charge in [0.25, 0.3) is 5.69 Å². The molecule has 0 radical (unpaired) electrons. The maximum atomic E-state index is 11.0. The Kier molecular flexibility index (Phi) is 5.76. The lowest BCUT2D eigenvalue weighted by Gasteiger charge is -2.26. The number of piperidine rings is 1. The summed E-state index contributed by atoms with van der Waals surface area (Å²) in [7, 11) is 0. The molecule has 1 aromatic heterocycles. The Hall–Kier alpha value is -3.32. The van der Waals surface area contributed by atoms with Crippen LogP contribution in [0.15, 0.2) is 60.8 Å². The van der Waals surface area contributed by atoms with Crippen molar-refractivity contribution >= 4 is 17.3 Å². The maximum absolute atomic E-state index is 11.0. The molecular weight excluding hydrogens is 366 g/mol. The second-order valence-corrected chi connectivity index (χ2v) is 7.24. The molecule has 0 unspecified atom stereocenters. The number of nitrogens with zero attached hydrogens (tertiary/aromatic N) is 4. The molecule has 0 atom stereocenters. The summed E-state index contributed by atoms with van der Waals surface area (Å²) >= 11 is 0. The monoisotopic (exact) mass is 389 g/mol. The van der Waals surface area contributed by atoms with Gasteiger partial charge in [0, 0.05) is 36.1 Å². The molecule has 1 aliphatic rings. The molecule has 1 saturated heterocycles. The zero-order valence-electron chi connectivity index (χ0n) is 16.1. The van der Waals surface area contributed by atoms with Crippen LogP contribution in [0.4, 0.5) is 17.3 Å². The first-order valence-corrected chi connectivity index (χ1v) is 9.83. The molecule has 148 valence electrons. The molecule has 3 aromatic rings. The number of rotatable bonds is 6. The van der Waals surface area contributed by atoms with Crippen molar-refractivity contribution < 1.29 is 4.92 Å². The summed E-state index contributed by atoms with van der Waals surface area (Å²) in [6.07, 6.45) is 5.58. The standard InChI is InChI=1S/C22H23N5O2/c28-27(29)20-9-5-8-19(15-20)24-22-23-11-10-21(25-22)18-7-4-6-17(14-18)16-26-12-2-1-3-13-26/h4-11,14-15H,1-3,12-13,16H2,(H,23,24,25). The number of non-ortho nitro benzene ring substituents is 1. The Labute approximate surface area is 169 Å². The van der Waals surface area contributed by atoms with Gasteiger partial charge in [0.05, 0.1) is 10.6 Å². The number of hydrogen-bond donors (Lipinski definition) is 1. The summed E-state index contributed by atoms with van der Waals surface area (Å²) in [6, 6.07) is 16.6. The molecule has 0 saturated carbocycles. The molecule has 2 heterocycles. The van der Waals surface area contributed by atoms with Gasteiger partial charge < -0.3 is 5.32 Å². The number of anilines is 2. The van der Waals surface area contributed by atoms with Crippen LogP contribution in [0.3, 0.4) is 0 Å². The van der Waals surface area contributed by atoms with Crippen LogP contribution in [-0.4, -0.2) is 32.9 Å². The van der Waals surface area contributed by atoms with Gasteiger partial charge in [-0.15, -0.1) is 0 Å². The van der Waals surface area contributed by atoms with E-state index in [1.165, 1.54) is 37.0 Å². The Bertz CT molecular complexity index is 1000. The molecule has 1 fully saturated rings. The SMILES string of the molecule is O=[N+]([O-])c1cccc(Nc2nccc(-c3cccc(CN4CCCCC4)c3)n2)c1. The quantitative estimate of drug-likeness (QED) is 0.482. The van der Waals surface area contributed by atoms with Gasteiger partial charge in [-0.25, -0.2) is 9.97 Å². The minimum Gasteiger partial charge on any atom is -0.324 e. The zero-order chi connectivity index (χ0) is 20.1. The first-order valence-electron chi connectivity index (χ1n) is 9.83. The fourth-order valence-electron chi connectivity index (χ4n) is 3.61. The van der Waals surface area contributed by atoms with E-state index in [1.54, 1.807) is 18.3 Å². The lowest BCUT2D eigenvalue weighted by molar-refractivity contribution is -0.384. The third-order valence-corrected chi connectivity index (χ3v) is 5.05. The molecule has 0 bridgehead atoms. The summed E-state index contributed by atoms with van der Waals surface area (Å²) in [4.78, 5) is 21.9. The summed E-state index contributed by atoms with van der Waals surface area (Å²) < 4.78 is 0. The highest BCUT2D eigenvalue weighted by Crippen LogP contribution is 2.23. The van der Waals surface area contributed by atoms with Crippen molar-refractivity contribution in [2.75, 3.05) is 18.4 Å². The largest absolute Gasteiger partial charge is 0.324 e.